The highest BCUT2D eigenvalue weighted by atomic mass is 35.5. The number of likely N-dealkylation sites (N-methyl/N-ethyl adjacent to an activating group) is 1. The normalized spacial score (nSPS) is 15.6. The molecule has 0 fully saturated rings. The summed E-state index contributed by atoms with van der Waals surface area (Å²) in [5.41, 5.74) is 0.698. The Morgan fingerprint density at radius 3 is 2.86 bits per heavy atom. The largest absolute Gasteiger partial charge is 0.586 e. The van der Waals surface area contributed by atoms with Crippen LogP contribution in [0.25, 0.3) is 0 Å². The van der Waals surface area contributed by atoms with Crippen molar-refractivity contribution in [3.63, 3.8) is 0 Å². The predicted molar refractivity (Wildman–Crippen MR) is 95.5 cm³/mol. The fourth-order valence-electron chi connectivity index (χ4n) is 3.04. The number of carbonyl (C=O) groups excluding carboxylic acids is 1. The monoisotopic (exact) mass is 410 g/mol. The summed E-state index contributed by atoms with van der Waals surface area (Å²) in [5.74, 6) is -0.778. The third kappa shape index (κ3) is 3.09. The van der Waals surface area contributed by atoms with Crippen molar-refractivity contribution in [1.82, 2.24) is 9.78 Å². The maximum Gasteiger partial charge on any atom is 0.586 e. The van der Waals surface area contributed by atoms with Crippen LogP contribution >= 0.6 is 11.6 Å². The van der Waals surface area contributed by atoms with Gasteiger partial charge in [-0.1, -0.05) is 11.6 Å². The zero-order valence-electron chi connectivity index (χ0n) is 14.5. The van der Waals surface area contributed by atoms with E-state index in [1.165, 1.54) is 29.3 Å². The Kier molecular flexibility index (Phi) is 4.30. The molecule has 0 aliphatic carbocycles. The Labute approximate surface area is 161 Å². The topological polar surface area (TPSA) is 86.0 Å². The molecule has 2 aliphatic rings. The average molecular weight is 411 g/mol. The van der Waals surface area contributed by atoms with Crippen molar-refractivity contribution in [2.45, 2.75) is 26.3 Å². The van der Waals surface area contributed by atoms with E-state index in [0.29, 0.717) is 16.8 Å². The lowest BCUT2D eigenvalue weighted by Gasteiger charge is -2.21. The van der Waals surface area contributed by atoms with Gasteiger partial charge in [-0.05, 0) is 19.1 Å². The molecule has 0 bridgehead atoms. The van der Waals surface area contributed by atoms with E-state index < -0.39 is 17.8 Å². The summed E-state index contributed by atoms with van der Waals surface area (Å²) in [6.45, 7) is 1.74. The summed E-state index contributed by atoms with van der Waals surface area (Å²) in [6.07, 6.45) is -2.28. The van der Waals surface area contributed by atoms with Gasteiger partial charge in [0, 0.05) is 30.1 Å². The maximum absolute atomic E-state index is 13.2. The van der Waals surface area contributed by atoms with Crippen LogP contribution < -0.4 is 19.9 Å². The van der Waals surface area contributed by atoms with Gasteiger partial charge in [0.1, 0.15) is 6.54 Å². The molecule has 28 heavy (non-hydrogen) atoms. The fraction of sp³-hybridized carbons (Fsp3) is 0.294. The summed E-state index contributed by atoms with van der Waals surface area (Å²) in [7, 11) is 0. The standard InChI is InChI=1S/C17H13ClF2N4O4/c1-2-23(9-3-4-12-13(5-9)28-17(19,20)27-12)14(25)8-24-16(26)11-7-21-6-10(11)15(18)22-24/h3-6H,2,7-8H2,1H3. The Balaban J connectivity index is 1.60. The number of nitrogens with zero attached hydrogens (tertiary/aromatic N) is 4. The number of hydrogen-bond acceptors (Lipinski definition) is 6. The molecule has 0 spiro atoms. The zero-order chi connectivity index (χ0) is 20.1. The number of alkyl halides is 2. The molecule has 1 aromatic heterocycles. The number of aromatic nitrogens is 2. The Bertz CT molecular complexity index is 1070. The highest BCUT2D eigenvalue weighted by molar-refractivity contribution is 6.32. The molecule has 2 aliphatic heterocycles. The molecule has 8 nitrogen and oxygen atoms in total. The lowest BCUT2D eigenvalue weighted by Crippen LogP contribution is -2.38. The van der Waals surface area contributed by atoms with Gasteiger partial charge in [0.05, 0.1) is 12.1 Å². The molecule has 0 saturated carbocycles. The number of halogens is 3. The summed E-state index contributed by atoms with van der Waals surface area (Å²) < 4.78 is 36.1. The van der Waals surface area contributed by atoms with E-state index in [1.54, 1.807) is 6.92 Å². The molecule has 0 saturated heterocycles. The smallest absolute Gasteiger partial charge is 0.395 e. The van der Waals surface area contributed by atoms with Crippen molar-refractivity contribution in [2.24, 2.45) is 4.99 Å². The van der Waals surface area contributed by atoms with Crippen molar-refractivity contribution in [2.75, 3.05) is 11.4 Å². The predicted octanol–water partition coefficient (Wildman–Crippen LogP) is 2.20. The third-order valence-corrected chi connectivity index (χ3v) is 4.60. The Morgan fingerprint density at radius 1 is 1.36 bits per heavy atom. The van der Waals surface area contributed by atoms with Crippen LogP contribution in [-0.4, -0.2) is 34.7 Å². The minimum atomic E-state index is -3.75. The molecule has 0 radical (unpaired) electrons. The van der Waals surface area contributed by atoms with Gasteiger partial charge in [-0.2, -0.15) is 5.10 Å². The quantitative estimate of drug-likeness (QED) is 0.771. The Hall–Kier alpha value is -3.01. The number of aliphatic imine (C=N–C) groups is 1. The van der Waals surface area contributed by atoms with Gasteiger partial charge < -0.3 is 14.4 Å². The van der Waals surface area contributed by atoms with Gasteiger partial charge >= 0.3 is 6.29 Å². The van der Waals surface area contributed by atoms with Crippen LogP contribution in [0.3, 0.4) is 0 Å². The lowest BCUT2D eigenvalue weighted by molar-refractivity contribution is -0.286. The van der Waals surface area contributed by atoms with Gasteiger partial charge in [-0.25, -0.2) is 4.68 Å². The van der Waals surface area contributed by atoms with Crippen LogP contribution in [0.1, 0.15) is 18.1 Å². The molecular weight excluding hydrogens is 398 g/mol. The van der Waals surface area contributed by atoms with Crippen LogP contribution in [0, 0.1) is 0 Å². The van der Waals surface area contributed by atoms with Crippen molar-refractivity contribution in [3.8, 4) is 11.5 Å². The van der Waals surface area contributed by atoms with E-state index in [2.05, 4.69) is 19.6 Å². The minimum Gasteiger partial charge on any atom is -0.395 e. The number of amides is 1. The van der Waals surface area contributed by atoms with Crippen LogP contribution in [0.2, 0.25) is 5.15 Å². The van der Waals surface area contributed by atoms with Crippen molar-refractivity contribution in [3.05, 3.63) is 44.8 Å². The SMILES string of the molecule is CCN(C(=O)Cn1nc(Cl)c2c(c1=O)CN=C2)c1ccc2c(c1)OC(F)(F)O2. The molecule has 146 valence electrons. The fourth-order valence-corrected chi connectivity index (χ4v) is 3.30. The summed E-state index contributed by atoms with van der Waals surface area (Å²) in [6, 6.07) is 4.01. The van der Waals surface area contributed by atoms with Gasteiger partial charge in [0.2, 0.25) is 5.91 Å². The van der Waals surface area contributed by atoms with Crippen LogP contribution in [0.5, 0.6) is 11.5 Å². The summed E-state index contributed by atoms with van der Waals surface area (Å²) in [5, 5.41) is 4.04. The van der Waals surface area contributed by atoms with Crippen molar-refractivity contribution < 1.29 is 23.0 Å². The molecule has 3 heterocycles. The van der Waals surface area contributed by atoms with E-state index in [0.717, 1.165) is 4.68 Å². The Morgan fingerprint density at radius 2 is 2.11 bits per heavy atom. The van der Waals surface area contributed by atoms with Crippen LogP contribution in [0.4, 0.5) is 14.5 Å². The van der Waals surface area contributed by atoms with Gasteiger partial charge in [0.25, 0.3) is 5.56 Å². The summed E-state index contributed by atoms with van der Waals surface area (Å²) >= 11 is 6.06. The number of carbonyl (C=O) groups is 1. The van der Waals surface area contributed by atoms with Gasteiger partial charge in [-0.15, -0.1) is 8.78 Å². The van der Waals surface area contributed by atoms with E-state index in [9.17, 15) is 18.4 Å². The van der Waals surface area contributed by atoms with Crippen molar-refractivity contribution in [1.29, 1.82) is 0 Å². The molecule has 1 amide bonds. The third-order valence-electron chi connectivity index (χ3n) is 4.32. The van der Waals surface area contributed by atoms with Crippen molar-refractivity contribution >= 4 is 29.4 Å². The molecule has 1 aromatic carbocycles. The molecule has 0 N–H and O–H groups in total. The average Bonchev–Trinajstić information content (AvgIpc) is 3.23. The number of fused-ring (bicyclic) bond motifs is 2. The van der Waals surface area contributed by atoms with Gasteiger partial charge in [-0.3, -0.25) is 14.6 Å². The minimum absolute atomic E-state index is 0.0806. The van der Waals surface area contributed by atoms with Crippen LogP contribution in [-0.2, 0) is 17.9 Å². The van der Waals surface area contributed by atoms with E-state index >= 15 is 0 Å². The highest BCUT2D eigenvalue weighted by Gasteiger charge is 2.43. The molecular formula is C17H13ClF2N4O4. The second-order valence-corrected chi connectivity index (χ2v) is 6.41. The number of anilines is 1. The van der Waals surface area contributed by atoms with Gasteiger partial charge in [0.15, 0.2) is 16.7 Å². The first-order chi connectivity index (χ1) is 13.3. The molecule has 11 heteroatoms. The molecule has 0 atom stereocenters. The highest BCUT2D eigenvalue weighted by Crippen LogP contribution is 2.42. The maximum atomic E-state index is 13.2. The van der Waals surface area contributed by atoms with E-state index in [4.69, 9.17) is 11.6 Å². The molecule has 4 rings (SSSR count). The van der Waals surface area contributed by atoms with Crippen LogP contribution in [0.15, 0.2) is 28.0 Å². The first-order valence-corrected chi connectivity index (χ1v) is 8.66. The second kappa shape index (κ2) is 6.55. The first kappa shape index (κ1) is 18.4. The number of rotatable bonds is 4. The van der Waals surface area contributed by atoms with E-state index in [1.807, 2.05) is 0 Å². The number of hydrogen-bond donors (Lipinski definition) is 0. The zero-order valence-corrected chi connectivity index (χ0v) is 15.2. The summed E-state index contributed by atoms with van der Waals surface area (Å²) in [4.78, 5) is 30.6. The number of ether oxygens (including phenoxy) is 2. The number of benzene rings is 1. The molecule has 0 unspecified atom stereocenters. The van der Waals surface area contributed by atoms with E-state index in [-0.39, 0.29) is 36.3 Å². The lowest BCUT2D eigenvalue weighted by atomic mass is 10.2. The first-order valence-electron chi connectivity index (χ1n) is 8.28. The molecule has 2 aromatic rings. The second-order valence-electron chi connectivity index (χ2n) is 6.05.